The Balaban J connectivity index is 1.74. The van der Waals surface area contributed by atoms with Gasteiger partial charge in [-0.05, 0) is 32.4 Å². The van der Waals surface area contributed by atoms with Crippen molar-refractivity contribution in [1.82, 2.24) is 9.71 Å². The highest BCUT2D eigenvalue weighted by Gasteiger charge is 2.26. The maximum atomic E-state index is 12.3. The van der Waals surface area contributed by atoms with Gasteiger partial charge in [-0.25, -0.2) is 18.1 Å². The predicted octanol–water partition coefficient (Wildman–Crippen LogP) is 2.12. The summed E-state index contributed by atoms with van der Waals surface area (Å²) in [5.41, 5.74) is 0.473. The number of nitrogens with one attached hydrogen (secondary N) is 1. The minimum Gasteiger partial charge on any atom is -0.459 e. The third-order valence-corrected chi connectivity index (χ3v) is 6.26. The molecule has 0 aromatic carbocycles. The second-order valence-corrected chi connectivity index (χ2v) is 8.55. The van der Waals surface area contributed by atoms with E-state index in [-0.39, 0.29) is 16.5 Å². The molecule has 24 heavy (non-hydrogen) atoms. The molecule has 3 heterocycles. The first-order valence-electron chi connectivity index (χ1n) is 7.51. The molecule has 3 rings (SSSR count). The Morgan fingerprint density at radius 2 is 2.21 bits per heavy atom. The highest BCUT2D eigenvalue weighted by Crippen LogP contribution is 2.29. The minimum absolute atomic E-state index is 0.0699. The van der Waals surface area contributed by atoms with E-state index in [9.17, 15) is 13.2 Å². The van der Waals surface area contributed by atoms with Gasteiger partial charge >= 0.3 is 0 Å². The van der Waals surface area contributed by atoms with E-state index in [2.05, 4.69) is 9.71 Å². The summed E-state index contributed by atoms with van der Waals surface area (Å²) in [5, 5.41) is 0.548. The Morgan fingerprint density at radius 1 is 1.42 bits per heavy atom. The van der Waals surface area contributed by atoms with Crippen LogP contribution in [0, 0.1) is 19.8 Å². The summed E-state index contributed by atoms with van der Waals surface area (Å²) in [7, 11) is -3.70. The molecule has 1 aliphatic rings. The van der Waals surface area contributed by atoms with E-state index in [1.165, 1.54) is 0 Å². The molecule has 0 unspecified atom stereocenters. The van der Waals surface area contributed by atoms with Gasteiger partial charge in [0.2, 0.25) is 10.0 Å². The van der Waals surface area contributed by atoms with Crippen LogP contribution in [0.5, 0.6) is 0 Å². The van der Waals surface area contributed by atoms with Gasteiger partial charge in [-0.2, -0.15) is 0 Å². The number of aryl methyl sites for hydroxylation is 2. The molecule has 0 spiro atoms. The molecule has 0 aliphatic carbocycles. The van der Waals surface area contributed by atoms with Crippen molar-refractivity contribution in [2.75, 3.05) is 19.0 Å². The Hall–Kier alpha value is -1.71. The summed E-state index contributed by atoms with van der Waals surface area (Å²) in [6, 6.07) is 3.58. The lowest BCUT2D eigenvalue weighted by Gasteiger charge is -2.09. The normalized spacial score (nSPS) is 18.0. The van der Waals surface area contributed by atoms with Gasteiger partial charge in [0.05, 0.1) is 18.1 Å². The topological polar surface area (TPSA) is 98.5 Å². The SMILES string of the molecule is Cc1ccc(-c2nc(C)c(C(=O)NS(=O)(=O)C[C@H]3CCOC3)s2)o1. The van der Waals surface area contributed by atoms with Crippen molar-refractivity contribution in [3.63, 3.8) is 0 Å². The second kappa shape index (κ2) is 6.66. The highest BCUT2D eigenvalue weighted by molar-refractivity contribution is 7.90. The molecular weight excluding hydrogens is 352 g/mol. The quantitative estimate of drug-likeness (QED) is 0.865. The zero-order valence-corrected chi connectivity index (χ0v) is 15.0. The number of nitrogens with zero attached hydrogens (tertiary/aromatic N) is 1. The number of carbonyl (C=O) groups excluding carboxylic acids is 1. The first kappa shape index (κ1) is 17.1. The van der Waals surface area contributed by atoms with Crippen molar-refractivity contribution in [2.24, 2.45) is 5.92 Å². The summed E-state index contributed by atoms with van der Waals surface area (Å²) in [6.45, 7) is 4.46. The van der Waals surface area contributed by atoms with E-state index >= 15 is 0 Å². The van der Waals surface area contributed by atoms with E-state index in [4.69, 9.17) is 9.15 Å². The average Bonchev–Trinajstić information content (AvgIpc) is 3.19. The van der Waals surface area contributed by atoms with Crippen LogP contribution in [0.15, 0.2) is 16.5 Å². The average molecular weight is 370 g/mol. The number of hydrogen-bond donors (Lipinski definition) is 1. The van der Waals surface area contributed by atoms with Crippen molar-refractivity contribution in [3.05, 3.63) is 28.5 Å². The standard InChI is InChI=1S/C15H18N2O5S2/c1-9-3-4-12(22-9)15-16-10(2)13(23-15)14(18)17-24(19,20)8-11-5-6-21-7-11/h3-4,11H,5-8H2,1-2H3,(H,17,18)/t11-/m0/s1. The van der Waals surface area contributed by atoms with Crippen LogP contribution in [0.1, 0.15) is 27.5 Å². The van der Waals surface area contributed by atoms with Crippen LogP contribution < -0.4 is 4.72 Å². The van der Waals surface area contributed by atoms with Gasteiger partial charge in [0.25, 0.3) is 5.91 Å². The van der Waals surface area contributed by atoms with E-state index in [1.54, 1.807) is 19.1 Å². The Morgan fingerprint density at radius 3 is 2.83 bits per heavy atom. The minimum atomic E-state index is -3.70. The first-order valence-corrected chi connectivity index (χ1v) is 9.98. The van der Waals surface area contributed by atoms with E-state index in [0.29, 0.717) is 36.1 Å². The van der Waals surface area contributed by atoms with Crippen LogP contribution in [-0.4, -0.2) is 38.3 Å². The lowest BCUT2D eigenvalue weighted by atomic mass is 10.2. The van der Waals surface area contributed by atoms with Crippen LogP contribution in [-0.2, 0) is 14.8 Å². The number of rotatable bonds is 5. The maximum Gasteiger partial charge on any atom is 0.276 e. The largest absolute Gasteiger partial charge is 0.459 e. The molecule has 130 valence electrons. The van der Waals surface area contributed by atoms with Gasteiger partial charge in [0, 0.05) is 12.5 Å². The van der Waals surface area contributed by atoms with Gasteiger partial charge in [-0.3, -0.25) is 4.79 Å². The molecule has 1 saturated heterocycles. The zero-order chi connectivity index (χ0) is 17.3. The summed E-state index contributed by atoms with van der Waals surface area (Å²) in [4.78, 5) is 16.9. The van der Waals surface area contributed by atoms with Crippen LogP contribution >= 0.6 is 11.3 Å². The zero-order valence-electron chi connectivity index (χ0n) is 13.4. The molecule has 1 amide bonds. The number of sulfonamides is 1. The highest BCUT2D eigenvalue weighted by atomic mass is 32.2. The lowest BCUT2D eigenvalue weighted by molar-refractivity contribution is 0.0984. The van der Waals surface area contributed by atoms with Gasteiger partial charge in [0.15, 0.2) is 10.8 Å². The third kappa shape index (κ3) is 3.85. The fourth-order valence-corrected chi connectivity index (χ4v) is 4.86. The summed E-state index contributed by atoms with van der Waals surface area (Å²) in [5.74, 6) is 0.467. The fraction of sp³-hybridized carbons (Fsp3) is 0.467. The van der Waals surface area contributed by atoms with Crippen molar-refractivity contribution >= 4 is 27.3 Å². The molecule has 2 aromatic rings. The number of carbonyl (C=O) groups is 1. The van der Waals surface area contributed by atoms with Crippen molar-refractivity contribution in [3.8, 4) is 10.8 Å². The predicted molar refractivity (Wildman–Crippen MR) is 89.5 cm³/mol. The number of hydrogen-bond acceptors (Lipinski definition) is 7. The number of furan rings is 1. The van der Waals surface area contributed by atoms with E-state index < -0.39 is 15.9 Å². The molecule has 1 fully saturated rings. The monoisotopic (exact) mass is 370 g/mol. The van der Waals surface area contributed by atoms with Crippen LogP contribution in [0.3, 0.4) is 0 Å². The Labute approximate surface area is 144 Å². The van der Waals surface area contributed by atoms with Crippen LogP contribution in [0.4, 0.5) is 0 Å². The lowest BCUT2D eigenvalue weighted by Crippen LogP contribution is -2.34. The van der Waals surface area contributed by atoms with Gasteiger partial charge < -0.3 is 9.15 Å². The summed E-state index contributed by atoms with van der Waals surface area (Å²) in [6.07, 6.45) is 0.691. The fourth-order valence-electron chi connectivity index (χ4n) is 2.52. The number of ether oxygens (including phenoxy) is 1. The Bertz CT molecular complexity index is 847. The molecule has 9 heteroatoms. The van der Waals surface area contributed by atoms with Gasteiger partial charge in [-0.1, -0.05) is 0 Å². The Kier molecular flexibility index (Phi) is 4.75. The molecule has 7 nitrogen and oxygen atoms in total. The second-order valence-electron chi connectivity index (χ2n) is 5.79. The smallest absolute Gasteiger partial charge is 0.276 e. The summed E-state index contributed by atoms with van der Waals surface area (Å²) < 4.78 is 37.1. The molecule has 1 atom stereocenters. The summed E-state index contributed by atoms with van der Waals surface area (Å²) >= 11 is 1.11. The molecule has 1 aliphatic heterocycles. The number of amides is 1. The molecule has 2 aromatic heterocycles. The molecule has 0 radical (unpaired) electrons. The first-order chi connectivity index (χ1) is 11.3. The van der Waals surface area contributed by atoms with Crippen molar-refractivity contribution < 1.29 is 22.4 Å². The molecule has 0 saturated carbocycles. The van der Waals surface area contributed by atoms with E-state index in [0.717, 1.165) is 17.1 Å². The maximum absolute atomic E-state index is 12.3. The molecule has 1 N–H and O–H groups in total. The molecule has 0 bridgehead atoms. The van der Waals surface area contributed by atoms with Crippen molar-refractivity contribution in [2.45, 2.75) is 20.3 Å². The van der Waals surface area contributed by atoms with Crippen LogP contribution in [0.25, 0.3) is 10.8 Å². The number of aromatic nitrogens is 1. The van der Waals surface area contributed by atoms with Gasteiger partial charge in [-0.15, -0.1) is 11.3 Å². The molecular formula is C15H18N2O5S2. The van der Waals surface area contributed by atoms with Gasteiger partial charge in [0.1, 0.15) is 10.6 Å². The van der Waals surface area contributed by atoms with Crippen molar-refractivity contribution in [1.29, 1.82) is 0 Å². The third-order valence-electron chi connectivity index (χ3n) is 3.68. The number of thiazole rings is 1. The van der Waals surface area contributed by atoms with E-state index in [1.807, 2.05) is 6.92 Å². The van der Waals surface area contributed by atoms with Crippen LogP contribution in [0.2, 0.25) is 0 Å².